The minimum atomic E-state index is -4.63. The van der Waals surface area contributed by atoms with E-state index in [0.29, 0.717) is 38.0 Å². The Morgan fingerprint density at radius 2 is 1.61 bits per heavy atom. The predicted octanol–water partition coefficient (Wildman–Crippen LogP) is 2.03. The van der Waals surface area contributed by atoms with Crippen molar-refractivity contribution in [3.8, 4) is 0 Å². The van der Waals surface area contributed by atoms with Gasteiger partial charge < -0.3 is 40.1 Å². The normalized spacial score (nSPS) is 48.5. The van der Waals surface area contributed by atoms with Gasteiger partial charge in [-0.3, -0.25) is 4.55 Å². The fourth-order valence-corrected chi connectivity index (χ4v) is 11.5. The Bertz CT molecular complexity index is 1140. The van der Waals surface area contributed by atoms with Crippen LogP contribution in [-0.4, -0.2) is 106 Å². The average Bonchev–Trinajstić information content (AvgIpc) is 3.34. The second-order valence-electron chi connectivity index (χ2n) is 16.1. The summed E-state index contributed by atoms with van der Waals surface area (Å²) in [5.74, 6) is 0.791. The molecule has 1 aliphatic heterocycles. The van der Waals surface area contributed by atoms with E-state index in [4.69, 9.17) is 13.7 Å². The lowest BCUT2D eigenvalue weighted by molar-refractivity contribution is -0.333. The Kier molecular flexibility index (Phi) is 11.2. The van der Waals surface area contributed by atoms with Crippen molar-refractivity contribution in [2.45, 2.75) is 141 Å². The van der Waals surface area contributed by atoms with Crippen LogP contribution in [0.25, 0.3) is 0 Å². The molecule has 0 aromatic rings. The number of aliphatic hydroxyl groups excluding tert-OH is 6. The van der Waals surface area contributed by atoms with E-state index in [0.717, 1.165) is 32.1 Å². The van der Waals surface area contributed by atoms with Gasteiger partial charge in [0.05, 0.1) is 24.9 Å². The molecule has 0 aromatic heterocycles. The maximum Gasteiger partial charge on any atom is 0.397 e. The molecule has 4 aliphatic carbocycles. The van der Waals surface area contributed by atoms with Crippen LogP contribution < -0.4 is 0 Å². The summed E-state index contributed by atoms with van der Waals surface area (Å²) in [6, 6.07) is 0. The van der Waals surface area contributed by atoms with Gasteiger partial charge in [0, 0.05) is 12.0 Å². The molecule has 268 valence electrons. The van der Waals surface area contributed by atoms with Crippen LogP contribution in [0.3, 0.4) is 0 Å². The van der Waals surface area contributed by atoms with Gasteiger partial charge in [-0.15, -0.1) is 0 Å². The molecule has 4 saturated carbocycles. The fourth-order valence-electron chi connectivity index (χ4n) is 11.0. The van der Waals surface area contributed by atoms with Crippen molar-refractivity contribution in [3.05, 3.63) is 0 Å². The summed E-state index contributed by atoms with van der Waals surface area (Å²) >= 11 is 0. The third-order valence-electron chi connectivity index (χ3n) is 13.3. The first kappa shape index (κ1) is 36.8. The fraction of sp³-hybridized carbons (Fsp3) is 1.00. The Morgan fingerprint density at radius 3 is 2.24 bits per heavy atom. The van der Waals surface area contributed by atoms with Gasteiger partial charge in [-0.1, -0.05) is 40.5 Å². The molecular weight excluding hydrogens is 620 g/mol. The molecule has 5 rings (SSSR count). The van der Waals surface area contributed by atoms with Crippen molar-refractivity contribution < 1.29 is 57.3 Å². The summed E-state index contributed by atoms with van der Waals surface area (Å²) in [5.41, 5.74) is -0.842. The molecule has 16 atom stereocenters. The summed E-state index contributed by atoms with van der Waals surface area (Å²) in [4.78, 5) is 0. The molecule has 0 aromatic carbocycles. The van der Waals surface area contributed by atoms with Crippen molar-refractivity contribution in [1.29, 1.82) is 0 Å². The second kappa shape index (κ2) is 14.0. The molecule has 0 unspecified atom stereocenters. The molecule has 12 nitrogen and oxygen atoms in total. The van der Waals surface area contributed by atoms with Crippen LogP contribution in [0.1, 0.15) is 91.9 Å². The number of hydrogen-bond acceptors (Lipinski definition) is 11. The minimum absolute atomic E-state index is 0.0380. The monoisotopic (exact) mass is 678 g/mol. The van der Waals surface area contributed by atoms with Crippen LogP contribution in [0.5, 0.6) is 0 Å². The topological polar surface area (TPSA) is 203 Å². The summed E-state index contributed by atoms with van der Waals surface area (Å²) in [7, 11) is -4.63. The molecule has 0 bridgehead atoms. The van der Waals surface area contributed by atoms with Gasteiger partial charge >= 0.3 is 10.4 Å². The van der Waals surface area contributed by atoms with Gasteiger partial charge in [-0.25, -0.2) is 4.18 Å². The van der Waals surface area contributed by atoms with Crippen LogP contribution in [0.2, 0.25) is 0 Å². The summed E-state index contributed by atoms with van der Waals surface area (Å²) in [5, 5.41) is 64.2. The van der Waals surface area contributed by atoms with Crippen molar-refractivity contribution in [1.82, 2.24) is 0 Å². The first-order valence-electron chi connectivity index (χ1n) is 17.5. The van der Waals surface area contributed by atoms with Gasteiger partial charge in [0.1, 0.15) is 24.4 Å². The number of ether oxygens (including phenoxy) is 2. The van der Waals surface area contributed by atoms with Crippen molar-refractivity contribution in [2.75, 3.05) is 13.2 Å². The molecule has 1 saturated heterocycles. The highest BCUT2D eigenvalue weighted by Gasteiger charge is 2.66. The van der Waals surface area contributed by atoms with Crippen LogP contribution in [0.4, 0.5) is 0 Å². The maximum atomic E-state index is 11.6. The van der Waals surface area contributed by atoms with E-state index >= 15 is 0 Å². The Morgan fingerprint density at radius 1 is 0.891 bits per heavy atom. The van der Waals surface area contributed by atoms with E-state index in [9.17, 15) is 43.6 Å². The van der Waals surface area contributed by atoms with E-state index in [2.05, 4.69) is 27.7 Å². The molecular formula is C33H58O12S. The first-order chi connectivity index (χ1) is 21.5. The molecule has 0 spiro atoms. The van der Waals surface area contributed by atoms with E-state index in [-0.39, 0.29) is 47.5 Å². The van der Waals surface area contributed by atoms with Crippen molar-refractivity contribution in [3.63, 3.8) is 0 Å². The molecule has 46 heavy (non-hydrogen) atoms. The highest BCUT2D eigenvalue weighted by molar-refractivity contribution is 7.80. The summed E-state index contributed by atoms with van der Waals surface area (Å²) in [6.45, 7) is 8.24. The lowest BCUT2D eigenvalue weighted by Gasteiger charge is -2.64. The SMILES string of the molecule is CC(C)CCC[C@@H](CO)[C@H]1CC[C@H]2[C@@H]3C[C@@H](O)[C@H]4C[C@H](OS(=O)(=O)O)CC[C@]4(C)[C@H]3C[C@@H](O[C@@H]3O[C@H](CO)[C@@H](O)[C@H](O)[C@H]3O)[C@]12C. The summed E-state index contributed by atoms with van der Waals surface area (Å²) in [6.07, 6.45) is -1.76. The van der Waals surface area contributed by atoms with Gasteiger partial charge in [0.2, 0.25) is 0 Å². The van der Waals surface area contributed by atoms with E-state index in [1.54, 1.807) is 0 Å². The van der Waals surface area contributed by atoms with Crippen molar-refractivity contribution >= 4 is 10.4 Å². The second-order valence-corrected chi connectivity index (χ2v) is 17.1. The van der Waals surface area contributed by atoms with E-state index in [1.165, 1.54) is 0 Å². The Balaban J connectivity index is 1.48. The first-order valence-corrected chi connectivity index (χ1v) is 18.8. The van der Waals surface area contributed by atoms with Crippen LogP contribution >= 0.6 is 0 Å². The van der Waals surface area contributed by atoms with E-state index in [1.807, 2.05) is 0 Å². The Labute approximate surface area is 273 Å². The van der Waals surface area contributed by atoms with Gasteiger partial charge in [0.25, 0.3) is 0 Å². The zero-order valence-electron chi connectivity index (χ0n) is 27.7. The van der Waals surface area contributed by atoms with Crippen LogP contribution in [0, 0.1) is 52.3 Å². The lowest BCUT2D eigenvalue weighted by atomic mass is 9.43. The molecule has 7 N–H and O–H groups in total. The largest absolute Gasteiger partial charge is 0.397 e. The average molecular weight is 679 g/mol. The molecule has 0 amide bonds. The van der Waals surface area contributed by atoms with Crippen LogP contribution in [0.15, 0.2) is 0 Å². The van der Waals surface area contributed by atoms with Crippen molar-refractivity contribution in [2.24, 2.45) is 52.3 Å². The minimum Gasteiger partial charge on any atom is -0.396 e. The molecule has 13 heteroatoms. The molecule has 0 radical (unpaired) electrons. The van der Waals surface area contributed by atoms with Gasteiger partial charge in [-0.05, 0) is 98.2 Å². The highest BCUT2D eigenvalue weighted by atomic mass is 32.3. The lowest BCUT2D eigenvalue weighted by Crippen LogP contribution is -2.64. The third-order valence-corrected chi connectivity index (χ3v) is 13.9. The zero-order valence-corrected chi connectivity index (χ0v) is 28.5. The van der Waals surface area contributed by atoms with E-state index < -0.39 is 71.4 Å². The molecule has 5 fully saturated rings. The smallest absolute Gasteiger partial charge is 0.396 e. The third kappa shape index (κ3) is 6.82. The summed E-state index contributed by atoms with van der Waals surface area (Å²) < 4.78 is 50.0. The van der Waals surface area contributed by atoms with Gasteiger partial charge in [-0.2, -0.15) is 8.42 Å². The van der Waals surface area contributed by atoms with Gasteiger partial charge in [0.15, 0.2) is 6.29 Å². The highest BCUT2D eigenvalue weighted by Crippen LogP contribution is 2.69. The number of aliphatic hydroxyl groups is 6. The number of rotatable bonds is 11. The number of hydrogen-bond donors (Lipinski definition) is 7. The molecule has 1 heterocycles. The number of fused-ring (bicyclic) bond motifs is 5. The quantitative estimate of drug-likeness (QED) is 0.124. The van der Waals surface area contributed by atoms with Crippen LogP contribution in [-0.2, 0) is 24.1 Å². The zero-order chi connectivity index (χ0) is 33.8. The molecule has 5 aliphatic rings. The Hall–Kier alpha value is -0.450. The maximum absolute atomic E-state index is 11.6. The predicted molar refractivity (Wildman–Crippen MR) is 166 cm³/mol. The standard InChI is InChI=1S/C33H58O12S/c1-17(2)6-5-7-18(15-34)21-8-9-22-20-13-25(36)24-12-19(45-46(40,41)42)10-11-32(24,3)23(20)14-27(33(21,22)4)44-31-30(39)29(38)28(37)26(16-35)43-31/h17-31,34-39H,5-16H2,1-4H3,(H,40,41,42)/t18-,19+,20-,21+,22-,23-,24+,25+,26+,27+,28+,29-,30+,31-,32+,33+/m0/s1.